The quantitative estimate of drug-likeness (QED) is 0.811. The van der Waals surface area contributed by atoms with Crippen molar-refractivity contribution in [3.63, 3.8) is 0 Å². The van der Waals surface area contributed by atoms with E-state index < -0.39 is 12.0 Å². The standard InChI is InChI=1S/C11H12N2O3/c12-11(14)10-6-8(13-16-10)7-15-9-4-2-1-3-5-9/h1-5,10H,6-7H2,(H2,12,14). The molecule has 2 N–H and O–H groups in total. The molecule has 1 aliphatic rings. The average molecular weight is 220 g/mol. The van der Waals surface area contributed by atoms with Crippen molar-refractivity contribution in [1.82, 2.24) is 0 Å². The maximum Gasteiger partial charge on any atom is 0.261 e. The maximum absolute atomic E-state index is 10.8. The van der Waals surface area contributed by atoms with Gasteiger partial charge in [-0.05, 0) is 12.1 Å². The Morgan fingerprint density at radius 3 is 2.88 bits per heavy atom. The van der Waals surface area contributed by atoms with Gasteiger partial charge in [0.15, 0.2) is 0 Å². The summed E-state index contributed by atoms with van der Waals surface area (Å²) in [5.74, 6) is 0.256. The van der Waals surface area contributed by atoms with Gasteiger partial charge in [-0.2, -0.15) is 0 Å². The van der Waals surface area contributed by atoms with Gasteiger partial charge in [0.1, 0.15) is 12.4 Å². The van der Waals surface area contributed by atoms with E-state index in [0.717, 1.165) is 5.75 Å². The summed E-state index contributed by atoms with van der Waals surface area (Å²) >= 11 is 0. The Morgan fingerprint density at radius 1 is 1.50 bits per heavy atom. The number of carbonyl (C=O) groups is 1. The molecule has 1 amide bonds. The third-order valence-corrected chi connectivity index (χ3v) is 2.20. The van der Waals surface area contributed by atoms with Gasteiger partial charge < -0.3 is 15.3 Å². The zero-order chi connectivity index (χ0) is 11.4. The Balaban J connectivity index is 1.82. The van der Waals surface area contributed by atoms with Gasteiger partial charge in [0.25, 0.3) is 5.91 Å². The highest BCUT2D eigenvalue weighted by atomic mass is 16.6. The van der Waals surface area contributed by atoms with E-state index >= 15 is 0 Å². The molecule has 1 heterocycles. The smallest absolute Gasteiger partial charge is 0.261 e. The van der Waals surface area contributed by atoms with Gasteiger partial charge in [0, 0.05) is 6.42 Å². The molecule has 0 aliphatic carbocycles. The van der Waals surface area contributed by atoms with E-state index in [9.17, 15) is 4.79 Å². The number of para-hydroxylation sites is 1. The highest BCUT2D eigenvalue weighted by molar-refractivity contribution is 5.93. The van der Waals surface area contributed by atoms with Crippen molar-refractivity contribution in [2.75, 3.05) is 6.61 Å². The van der Waals surface area contributed by atoms with Gasteiger partial charge in [-0.1, -0.05) is 23.4 Å². The van der Waals surface area contributed by atoms with Crippen LogP contribution in [0.5, 0.6) is 5.75 Å². The van der Waals surface area contributed by atoms with E-state index in [1.807, 2.05) is 30.3 Å². The van der Waals surface area contributed by atoms with Crippen molar-refractivity contribution in [2.24, 2.45) is 10.9 Å². The maximum atomic E-state index is 10.8. The molecule has 0 radical (unpaired) electrons. The van der Waals surface area contributed by atoms with E-state index in [-0.39, 0.29) is 0 Å². The predicted molar refractivity (Wildman–Crippen MR) is 58.1 cm³/mol. The predicted octanol–water partition coefficient (Wildman–Crippen LogP) is 0.696. The summed E-state index contributed by atoms with van der Waals surface area (Å²) in [6.45, 7) is 0.313. The first-order valence-corrected chi connectivity index (χ1v) is 4.94. The molecule has 84 valence electrons. The van der Waals surface area contributed by atoms with Crippen molar-refractivity contribution in [1.29, 1.82) is 0 Å². The van der Waals surface area contributed by atoms with Crippen molar-refractivity contribution >= 4 is 11.6 Å². The zero-order valence-corrected chi connectivity index (χ0v) is 8.63. The fraction of sp³-hybridized carbons (Fsp3) is 0.273. The van der Waals surface area contributed by atoms with Gasteiger partial charge >= 0.3 is 0 Å². The van der Waals surface area contributed by atoms with Crippen molar-refractivity contribution in [3.8, 4) is 5.75 Å². The Hall–Kier alpha value is -2.04. The molecule has 5 nitrogen and oxygen atoms in total. The summed E-state index contributed by atoms with van der Waals surface area (Å²) in [6, 6.07) is 9.37. The number of nitrogens with zero attached hydrogens (tertiary/aromatic N) is 1. The Kier molecular flexibility index (Phi) is 3.05. The number of hydrogen-bond donors (Lipinski definition) is 1. The molecule has 0 aromatic heterocycles. The number of hydrogen-bond acceptors (Lipinski definition) is 4. The summed E-state index contributed by atoms with van der Waals surface area (Å²) < 4.78 is 5.46. The van der Waals surface area contributed by atoms with Crippen LogP contribution >= 0.6 is 0 Å². The highest BCUT2D eigenvalue weighted by Crippen LogP contribution is 2.13. The summed E-state index contributed by atoms with van der Waals surface area (Å²) in [5, 5.41) is 3.74. The molecule has 1 aliphatic heterocycles. The second kappa shape index (κ2) is 4.65. The molecule has 0 fully saturated rings. The van der Waals surface area contributed by atoms with Gasteiger partial charge in [0.05, 0.1) is 5.71 Å². The fourth-order valence-corrected chi connectivity index (χ4v) is 1.35. The lowest BCUT2D eigenvalue weighted by atomic mass is 10.2. The van der Waals surface area contributed by atoms with Crippen LogP contribution < -0.4 is 10.5 Å². The van der Waals surface area contributed by atoms with Crippen LogP contribution in [-0.2, 0) is 9.63 Å². The molecular formula is C11H12N2O3. The van der Waals surface area contributed by atoms with Gasteiger partial charge in [0.2, 0.25) is 6.10 Å². The lowest BCUT2D eigenvalue weighted by Gasteiger charge is -2.04. The first-order valence-electron chi connectivity index (χ1n) is 4.94. The van der Waals surface area contributed by atoms with E-state index in [2.05, 4.69) is 5.16 Å². The average Bonchev–Trinajstić information content (AvgIpc) is 2.76. The highest BCUT2D eigenvalue weighted by Gasteiger charge is 2.25. The number of benzene rings is 1. The van der Waals surface area contributed by atoms with Crippen molar-refractivity contribution < 1.29 is 14.4 Å². The van der Waals surface area contributed by atoms with Crippen LogP contribution in [0.25, 0.3) is 0 Å². The van der Waals surface area contributed by atoms with Crippen LogP contribution in [0.3, 0.4) is 0 Å². The van der Waals surface area contributed by atoms with Crippen molar-refractivity contribution in [3.05, 3.63) is 30.3 Å². The third-order valence-electron chi connectivity index (χ3n) is 2.20. The Morgan fingerprint density at radius 2 is 2.25 bits per heavy atom. The normalized spacial score (nSPS) is 18.8. The number of primary amides is 1. The minimum absolute atomic E-state index is 0.313. The monoisotopic (exact) mass is 220 g/mol. The van der Waals surface area contributed by atoms with Crippen LogP contribution in [-0.4, -0.2) is 24.3 Å². The van der Waals surface area contributed by atoms with Crippen LogP contribution in [0.1, 0.15) is 6.42 Å². The van der Waals surface area contributed by atoms with Gasteiger partial charge in [-0.15, -0.1) is 0 Å². The molecule has 16 heavy (non-hydrogen) atoms. The summed E-state index contributed by atoms with van der Waals surface area (Å²) in [5.41, 5.74) is 5.78. The van der Waals surface area contributed by atoms with Gasteiger partial charge in [-0.3, -0.25) is 4.79 Å². The number of nitrogens with two attached hydrogens (primary N) is 1. The Labute approximate surface area is 92.8 Å². The van der Waals surface area contributed by atoms with Crippen LogP contribution in [0, 0.1) is 0 Å². The molecule has 1 unspecified atom stereocenters. The lowest BCUT2D eigenvalue weighted by Crippen LogP contribution is -2.29. The van der Waals surface area contributed by atoms with Crippen LogP contribution in [0.2, 0.25) is 0 Å². The van der Waals surface area contributed by atoms with E-state index in [1.54, 1.807) is 0 Å². The number of rotatable bonds is 4. The molecule has 0 bridgehead atoms. The molecule has 5 heteroatoms. The minimum Gasteiger partial charge on any atom is -0.488 e. The first-order chi connectivity index (χ1) is 7.75. The summed E-state index contributed by atoms with van der Waals surface area (Å²) in [7, 11) is 0. The largest absolute Gasteiger partial charge is 0.488 e. The van der Waals surface area contributed by atoms with Crippen LogP contribution in [0.15, 0.2) is 35.5 Å². The zero-order valence-electron chi connectivity index (χ0n) is 8.63. The number of oxime groups is 1. The first kappa shape index (κ1) is 10.5. The Bertz CT molecular complexity index is 403. The number of ether oxygens (including phenoxy) is 1. The molecule has 0 spiro atoms. The molecule has 1 aromatic carbocycles. The van der Waals surface area contributed by atoms with Crippen molar-refractivity contribution in [2.45, 2.75) is 12.5 Å². The molecule has 0 saturated carbocycles. The summed E-state index contributed by atoms with van der Waals surface area (Å²) in [4.78, 5) is 15.7. The minimum atomic E-state index is -0.644. The SMILES string of the molecule is NC(=O)C1CC(COc2ccccc2)=NO1. The molecule has 2 rings (SSSR count). The number of amides is 1. The van der Waals surface area contributed by atoms with E-state index in [4.69, 9.17) is 15.3 Å². The lowest BCUT2D eigenvalue weighted by molar-refractivity contribution is -0.127. The van der Waals surface area contributed by atoms with E-state index in [1.165, 1.54) is 0 Å². The molecule has 0 saturated heterocycles. The fourth-order valence-electron chi connectivity index (χ4n) is 1.35. The summed E-state index contributed by atoms with van der Waals surface area (Å²) in [6.07, 6.45) is -0.239. The second-order valence-corrected chi connectivity index (χ2v) is 3.46. The topological polar surface area (TPSA) is 73.9 Å². The third kappa shape index (κ3) is 2.50. The molecular weight excluding hydrogens is 208 g/mol. The second-order valence-electron chi connectivity index (χ2n) is 3.46. The molecule has 1 aromatic rings. The van der Waals surface area contributed by atoms with Crippen LogP contribution in [0.4, 0.5) is 0 Å². The van der Waals surface area contributed by atoms with E-state index in [0.29, 0.717) is 18.7 Å². The van der Waals surface area contributed by atoms with Gasteiger partial charge in [-0.25, -0.2) is 0 Å². The molecule has 1 atom stereocenters. The number of carbonyl (C=O) groups excluding carboxylic acids is 1.